The predicted octanol–water partition coefficient (Wildman–Crippen LogP) is 2.41. The monoisotopic (exact) mass is 297 g/mol. The van der Waals surface area contributed by atoms with Crippen molar-refractivity contribution in [3.63, 3.8) is 0 Å². The van der Waals surface area contributed by atoms with Gasteiger partial charge >= 0.3 is 5.91 Å². The Labute approximate surface area is 119 Å². The van der Waals surface area contributed by atoms with Crippen molar-refractivity contribution in [2.24, 2.45) is 5.84 Å². The molecule has 0 spiro atoms. The summed E-state index contributed by atoms with van der Waals surface area (Å²) in [5.74, 6) is 5.94. The van der Waals surface area contributed by atoms with E-state index in [1.54, 1.807) is 30.3 Å². The van der Waals surface area contributed by atoms with Crippen LogP contribution in [0.25, 0.3) is 0 Å². The highest BCUT2D eigenvalue weighted by molar-refractivity contribution is 7.98. The van der Waals surface area contributed by atoms with E-state index in [0.29, 0.717) is 22.2 Å². The largest absolute Gasteiger partial charge is 0.455 e. The molecule has 0 bridgehead atoms. The Morgan fingerprint density at radius 2 is 2.16 bits per heavy atom. The first-order valence-electron chi connectivity index (χ1n) is 5.37. The summed E-state index contributed by atoms with van der Waals surface area (Å²) in [6, 6.07) is 8.56. The topological polar surface area (TPSA) is 94.3 Å². The molecule has 2 rings (SSSR count). The van der Waals surface area contributed by atoms with Crippen LogP contribution < -0.4 is 17.0 Å². The predicted molar refractivity (Wildman–Crippen MR) is 75.8 cm³/mol. The zero-order valence-electron chi connectivity index (χ0n) is 9.85. The van der Waals surface area contributed by atoms with Crippen LogP contribution in [0.4, 0.5) is 5.69 Å². The number of hydrazine groups is 1. The van der Waals surface area contributed by atoms with Gasteiger partial charge in [-0.15, -0.1) is 11.8 Å². The van der Waals surface area contributed by atoms with Gasteiger partial charge in [0.15, 0.2) is 5.76 Å². The molecule has 0 unspecified atom stereocenters. The molecule has 7 heteroatoms. The Morgan fingerprint density at radius 1 is 1.37 bits per heavy atom. The van der Waals surface area contributed by atoms with Crippen LogP contribution in [0.3, 0.4) is 0 Å². The van der Waals surface area contributed by atoms with E-state index >= 15 is 0 Å². The van der Waals surface area contributed by atoms with Crippen molar-refractivity contribution in [1.82, 2.24) is 5.43 Å². The Kier molecular flexibility index (Phi) is 4.36. The van der Waals surface area contributed by atoms with Crippen molar-refractivity contribution in [1.29, 1.82) is 0 Å². The lowest BCUT2D eigenvalue weighted by molar-refractivity contribution is 0.0924. The van der Waals surface area contributed by atoms with Crippen molar-refractivity contribution in [3.8, 4) is 0 Å². The first-order chi connectivity index (χ1) is 9.10. The summed E-state index contributed by atoms with van der Waals surface area (Å²) in [5, 5.41) is 0.624. The quantitative estimate of drug-likeness (QED) is 0.265. The van der Waals surface area contributed by atoms with Crippen LogP contribution in [0, 0.1) is 0 Å². The fourth-order valence-corrected chi connectivity index (χ4v) is 2.57. The molecule has 1 amide bonds. The first kappa shape index (κ1) is 13.8. The number of hydrogen-bond acceptors (Lipinski definition) is 5. The number of carbonyl (C=O) groups excluding carboxylic acids is 1. The van der Waals surface area contributed by atoms with Crippen molar-refractivity contribution in [2.45, 2.75) is 10.6 Å². The van der Waals surface area contributed by atoms with E-state index < -0.39 is 5.91 Å². The van der Waals surface area contributed by atoms with Crippen LogP contribution in [0.2, 0.25) is 5.02 Å². The number of amides is 1. The highest BCUT2D eigenvalue weighted by atomic mass is 35.5. The molecule has 5 nitrogen and oxygen atoms in total. The molecular formula is C12H12ClN3O2S. The van der Waals surface area contributed by atoms with E-state index in [-0.39, 0.29) is 5.76 Å². The molecule has 1 aromatic carbocycles. The number of hydrogen-bond donors (Lipinski definition) is 3. The molecular weight excluding hydrogens is 286 g/mol. The van der Waals surface area contributed by atoms with Crippen molar-refractivity contribution >= 4 is 35.0 Å². The van der Waals surface area contributed by atoms with Gasteiger partial charge in [0.25, 0.3) is 0 Å². The van der Waals surface area contributed by atoms with E-state index in [4.69, 9.17) is 27.6 Å². The maximum absolute atomic E-state index is 11.2. The number of furan rings is 1. The molecule has 0 saturated carbocycles. The maximum Gasteiger partial charge on any atom is 0.300 e. The molecule has 0 aliphatic rings. The minimum absolute atomic E-state index is 0.178. The van der Waals surface area contributed by atoms with Crippen molar-refractivity contribution < 1.29 is 9.21 Å². The van der Waals surface area contributed by atoms with Gasteiger partial charge < -0.3 is 10.2 Å². The number of nitrogens with two attached hydrogens (primary N) is 2. The van der Waals surface area contributed by atoms with Crippen LogP contribution in [0.15, 0.2) is 39.6 Å². The normalized spacial score (nSPS) is 10.4. The average molecular weight is 298 g/mol. The molecule has 0 fully saturated rings. The first-order valence-corrected chi connectivity index (χ1v) is 6.74. The second kappa shape index (κ2) is 6.01. The zero-order valence-corrected chi connectivity index (χ0v) is 11.4. The SMILES string of the molecule is NNC(=O)c1ccc(CSc2cc(Cl)ccc2N)o1. The summed E-state index contributed by atoms with van der Waals surface area (Å²) in [6.07, 6.45) is 0. The standard InChI is InChI=1S/C12H12ClN3O2S/c13-7-1-3-9(14)11(5-7)19-6-8-2-4-10(18-8)12(17)16-15/h1-5H,6,14-15H2,(H,16,17). The van der Waals surface area contributed by atoms with Gasteiger partial charge in [0.05, 0.1) is 5.75 Å². The lowest BCUT2D eigenvalue weighted by atomic mass is 10.3. The summed E-state index contributed by atoms with van der Waals surface area (Å²) in [7, 11) is 0. The van der Waals surface area contributed by atoms with Gasteiger partial charge in [0, 0.05) is 15.6 Å². The Bertz CT molecular complexity index is 600. The summed E-state index contributed by atoms with van der Waals surface area (Å²) in [6.45, 7) is 0. The molecule has 19 heavy (non-hydrogen) atoms. The smallest absolute Gasteiger partial charge is 0.300 e. The number of nitrogen functional groups attached to an aromatic ring is 2. The molecule has 0 aliphatic carbocycles. The van der Waals surface area contributed by atoms with Gasteiger partial charge in [-0.25, -0.2) is 5.84 Å². The van der Waals surface area contributed by atoms with E-state index in [9.17, 15) is 4.79 Å². The van der Waals surface area contributed by atoms with Crippen LogP contribution in [0.5, 0.6) is 0 Å². The third-order valence-electron chi connectivity index (χ3n) is 2.36. The van der Waals surface area contributed by atoms with Crippen LogP contribution in [-0.4, -0.2) is 5.91 Å². The second-order valence-electron chi connectivity index (χ2n) is 3.71. The van der Waals surface area contributed by atoms with Crippen molar-refractivity contribution in [3.05, 3.63) is 46.9 Å². The minimum atomic E-state index is -0.460. The molecule has 0 radical (unpaired) electrons. The highest BCUT2D eigenvalue weighted by Crippen LogP contribution is 2.30. The lowest BCUT2D eigenvalue weighted by Gasteiger charge is -2.04. The minimum Gasteiger partial charge on any atom is -0.455 e. The van der Waals surface area contributed by atoms with E-state index in [1.807, 2.05) is 5.43 Å². The summed E-state index contributed by atoms with van der Waals surface area (Å²) in [4.78, 5) is 12.1. The number of thioether (sulfide) groups is 1. The molecule has 0 saturated heterocycles. The third kappa shape index (κ3) is 3.44. The van der Waals surface area contributed by atoms with Crippen molar-refractivity contribution in [2.75, 3.05) is 5.73 Å². The number of nitrogens with one attached hydrogen (secondary N) is 1. The number of halogens is 1. The van der Waals surface area contributed by atoms with Gasteiger partial charge in [0.1, 0.15) is 5.76 Å². The zero-order chi connectivity index (χ0) is 13.8. The molecule has 100 valence electrons. The molecule has 1 aromatic heterocycles. The summed E-state index contributed by atoms with van der Waals surface area (Å²) in [5.41, 5.74) is 8.50. The molecule has 0 aliphatic heterocycles. The van der Waals surface area contributed by atoms with Gasteiger partial charge in [-0.05, 0) is 30.3 Å². The number of anilines is 1. The molecule has 0 atom stereocenters. The number of rotatable bonds is 4. The average Bonchev–Trinajstić information content (AvgIpc) is 2.88. The number of benzene rings is 1. The fourth-order valence-electron chi connectivity index (χ4n) is 1.43. The van der Waals surface area contributed by atoms with Crippen LogP contribution >= 0.6 is 23.4 Å². The van der Waals surface area contributed by atoms with Gasteiger partial charge in [-0.3, -0.25) is 10.2 Å². The Morgan fingerprint density at radius 3 is 2.89 bits per heavy atom. The molecule has 1 heterocycles. The second-order valence-corrected chi connectivity index (χ2v) is 5.16. The summed E-state index contributed by atoms with van der Waals surface area (Å²) >= 11 is 7.38. The van der Waals surface area contributed by atoms with Crippen LogP contribution in [-0.2, 0) is 5.75 Å². The fraction of sp³-hybridized carbons (Fsp3) is 0.0833. The Balaban J connectivity index is 2.04. The number of carbonyl (C=O) groups is 1. The maximum atomic E-state index is 11.2. The third-order valence-corrected chi connectivity index (χ3v) is 3.69. The van der Waals surface area contributed by atoms with E-state index in [1.165, 1.54) is 11.8 Å². The molecule has 5 N–H and O–H groups in total. The van der Waals surface area contributed by atoms with Gasteiger partial charge in [-0.2, -0.15) is 0 Å². The van der Waals surface area contributed by atoms with Gasteiger partial charge in [0.2, 0.25) is 0 Å². The Hall–Kier alpha value is -1.63. The van der Waals surface area contributed by atoms with E-state index in [2.05, 4.69) is 0 Å². The van der Waals surface area contributed by atoms with E-state index in [0.717, 1.165) is 4.90 Å². The highest BCUT2D eigenvalue weighted by Gasteiger charge is 2.10. The van der Waals surface area contributed by atoms with Crippen LogP contribution in [0.1, 0.15) is 16.3 Å². The lowest BCUT2D eigenvalue weighted by Crippen LogP contribution is -2.29. The molecule has 2 aromatic rings. The van der Waals surface area contributed by atoms with Gasteiger partial charge in [-0.1, -0.05) is 11.6 Å². The summed E-state index contributed by atoms with van der Waals surface area (Å²) < 4.78 is 5.34.